The van der Waals surface area contributed by atoms with Crippen LogP contribution >= 0.6 is 0 Å². The number of nitrogens with one attached hydrogen (secondary N) is 2. The molecule has 1 heterocycles. The summed E-state index contributed by atoms with van der Waals surface area (Å²) in [5, 5.41) is 5.76. The summed E-state index contributed by atoms with van der Waals surface area (Å²) in [6, 6.07) is 16.8. The molecule has 168 valence electrons. The third kappa shape index (κ3) is 4.45. The van der Waals surface area contributed by atoms with Crippen molar-refractivity contribution in [2.24, 2.45) is 0 Å². The van der Waals surface area contributed by atoms with Gasteiger partial charge in [0, 0.05) is 23.5 Å². The van der Waals surface area contributed by atoms with Crippen LogP contribution in [0.5, 0.6) is 0 Å². The molecule has 0 radical (unpaired) electrons. The first-order chi connectivity index (χ1) is 15.9. The van der Waals surface area contributed by atoms with E-state index in [2.05, 4.69) is 10.6 Å². The Kier molecular flexibility index (Phi) is 6.17. The molecule has 1 aromatic heterocycles. The van der Waals surface area contributed by atoms with Gasteiger partial charge in [0.15, 0.2) is 11.6 Å². The lowest BCUT2D eigenvalue weighted by Crippen LogP contribution is -2.39. The number of rotatable bonds is 6. The van der Waals surface area contributed by atoms with E-state index in [1.807, 2.05) is 12.1 Å². The minimum Gasteiger partial charge on any atom is -0.357 e. The molecule has 5 nitrogen and oxygen atoms in total. The second kappa shape index (κ2) is 9.20. The summed E-state index contributed by atoms with van der Waals surface area (Å²) >= 11 is 0. The van der Waals surface area contributed by atoms with Gasteiger partial charge in [-0.3, -0.25) is 9.59 Å². The summed E-state index contributed by atoms with van der Waals surface area (Å²) in [6.45, 7) is 0.0821. The number of likely N-dealkylation sites (N-methyl/N-ethyl adjacent to an activating group) is 1. The van der Waals surface area contributed by atoms with Crippen molar-refractivity contribution in [3.05, 3.63) is 107 Å². The number of amides is 2. The van der Waals surface area contributed by atoms with Gasteiger partial charge in [-0.05, 0) is 35.9 Å². The quantitative estimate of drug-likeness (QED) is 0.459. The van der Waals surface area contributed by atoms with Crippen LogP contribution in [-0.4, -0.2) is 23.4 Å². The van der Waals surface area contributed by atoms with Gasteiger partial charge in [0.05, 0.1) is 6.54 Å². The van der Waals surface area contributed by atoms with E-state index in [0.717, 1.165) is 17.5 Å². The molecule has 0 fully saturated rings. The monoisotopic (exact) mass is 451 g/mol. The van der Waals surface area contributed by atoms with E-state index in [4.69, 9.17) is 0 Å². The van der Waals surface area contributed by atoms with Crippen molar-refractivity contribution in [1.29, 1.82) is 0 Å². The Morgan fingerprint density at radius 1 is 0.879 bits per heavy atom. The van der Waals surface area contributed by atoms with Crippen molar-refractivity contribution in [2.45, 2.75) is 12.6 Å². The van der Waals surface area contributed by atoms with Gasteiger partial charge < -0.3 is 15.2 Å². The van der Waals surface area contributed by atoms with Crippen molar-refractivity contribution in [2.75, 3.05) is 7.05 Å². The van der Waals surface area contributed by atoms with Crippen molar-refractivity contribution < 1.29 is 22.8 Å². The highest BCUT2D eigenvalue weighted by molar-refractivity contribution is 6.01. The van der Waals surface area contributed by atoms with Crippen molar-refractivity contribution in [3.8, 4) is 0 Å². The number of benzene rings is 3. The standard InChI is InChI=1S/C25H20F3N3O2/c1-29-25(33)23(16-10-11-19(27)20(28)12-16)30-24(32)22-13-15-6-3-5-9-21(15)31(22)14-17-7-2-4-8-18(17)26/h2-13,23H,14H2,1H3,(H,29,33)(H,30,32). The number of halogens is 3. The van der Waals surface area contributed by atoms with E-state index >= 15 is 0 Å². The second-order valence-corrected chi connectivity index (χ2v) is 7.46. The van der Waals surface area contributed by atoms with Crippen LogP contribution in [0.15, 0.2) is 72.8 Å². The van der Waals surface area contributed by atoms with E-state index in [9.17, 15) is 22.8 Å². The van der Waals surface area contributed by atoms with Gasteiger partial charge in [-0.15, -0.1) is 0 Å². The Labute approximate surface area is 187 Å². The lowest BCUT2D eigenvalue weighted by molar-refractivity contribution is -0.122. The number of carbonyl (C=O) groups is 2. The smallest absolute Gasteiger partial charge is 0.268 e. The topological polar surface area (TPSA) is 63.1 Å². The lowest BCUT2D eigenvalue weighted by atomic mass is 10.1. The molecule has 4 aromatic rings. The molecule has 0 aliphatic heterocycles. The van der Waals surface area contributed by atoms with Crippen molar-refractivity contribution in [3.63, 3.8) is 0 Å². The highest BCUT2D eigenvalue weighted by atomic mass is 19.2. The summed E-state index contributed by atoms with van der Waals surface area (Å²) in [4.78, 5) is 25.8. The van der Waals surface area contributed by atoms with Gasteiger partial charge >= 0.3 is 0 Å². The fourth-order valence-corrected chi connectivity index (χ4v) is 3.71. The second-order valence-electron chi connectivity index (χ2n) is 7.46. The summed E-state index contributed by atoms with van der Waals surface area (Å²) in [7, 11) is 1.37. The summed E-state index contributed by atoms with van der Waals surface area (Å²) in [5.41, 5.74) is 1.36. The molecule has 0 saturated heterocycles. The Balaban J connectivity index is 1.74. The maximum Gasteiger partial charge on any atom is 0.268 e. The highest BCUT2D eigenvalue weighted by Gasteiger charge is 2.26. The zero-order chi connectivity index (χ0) is 23.5. The first kappa shape index (κ1) is 22.1. The van der Waals surface area contributed by atoms with Gasteiger partial charge in [-0.2, -0.15) is 0 Å². The number of hydrogen-bond donors (Lipinski definition) is 2. The zero-order valence-electron chi connectivity index (χ0n) is 17.6. The number of hydrogen-bond acceptors (Lipinski definition) is 2. The predicted octanol–water partition coefficient (Wildman–Crippen LogP) is 4.32. The fraction of sp³-hybridized carbons (Fsp3) is 0.120. The van der Waals surface area contributed by atoms with Crippen LogP contribution in [0.4, 0.5) is 13.2 Å². The van der Waals surface area contributed by atoms with Crippen LogP contribution in [0, 0.1) is 17.5 Å². The average molecular weight is 451 g/mol. The van der Waals surface area contributed by atoms with Gasteiger partial charge in [-0.1, -0.05) is 42.5 Å². The molecule has 0 spiro atoms. The number of nitrogens with zero attached hydrogens (tertiary/aromatic N) is 1. The Morgan fingerprint density at radius 2 is 1.61 bits per heavy atom. The first-order valence-corrected chi connectivity index (χ1v) is 10.2. The van der Waals surface area contributed by atoms with Crippen LogP contribution in [-0.2, 0) is 11.3 Å². The van der Waals surface area contributed by atoms with Gasteiger partial charge in [-0.25, -0.2) is 13.2 Å². The molecule has 0 aliphatic carbocycles. The molecule has 33 heavy (non-hydrogen) atoms. The van der Waals surface area contributed by atoms with Crippen LogP contribution < -0.4 is 10.6 Å². The molecular formula is C25H20F3N3O2. The lowest BCUT2D eigenvalue weighted by Gasteiger charge is -2.19. The van der Waals surface area contributed by atoms with Gasteiger partial charge in [0.2, 0.25) is 5.91 Å². The molecule has 2 N–H and O–H groups in total. The Bertz CT molecular complexity index is 1350. The molecule has 4 rings (SSSR count). The number of aromatic nitrogens is 1. The summed E-state index contributed by atoms with van der Waals surface area (Å²) in [6.07, 6.45) is 0. The molecule has 0 bridgehead atoms. The molecule has 0 aliphatic rings. The summed E-state index contributed by atoms with van der Waals surface area (Å²) in [5.74, 6) is -3.84. The average Bonchev–Trinajstić information content (AvgIpc) is 3.19. The van der Waals surface area contributed by atoms with E-state index in [-0.39, 0.29) is 17.8 Å². The third-order valence-electron chi connectivity index (χ3n) is 5.39. The molecule has 2 amide bonds. The van der Waals surface area contributed by atoms with Gasteiger partial charge in [0.1, 0.15) is 17.6 Å². The van der Waals surface area contributed by atoms with Crippen LogP contribution in [0.25, 0.3) is 10.9 Å². The molecule has 3 aromatic carbocycles. The largest absolute Gasteiger partial charge is 0.357 e. The molecule has 0 saturated carbocycles. The van der Waals surface area contributed by atoms with Gasteiger partial charge in [0.25, 0.3) is 5.91 Å². The van der Waals surface area contributed by atoms with E-state index in [1.54, 1.807) is 41.0 Å². The van der Waals surface area contributed by atoms with Crippen molar-refractivity contribution in [1.82, 2.24) is 15.2 Å². The first-order valence-electron chi connectivity index (χ1n) is 10.2. The maximum atomic E-state index is 14.3. The summed E-state index contributed by atoms with van der Waals surface area (Å²) < 4.78 is 43.2. The normalized spacial score (nSPS) is 11.9. The minimum atomic E-state index is -1.27. The minimum absolute atomic E-state index is 0.0818. The molecule has 1 unspecified atom stereocenters. The zero-order valence-corrected chi connectivity index (χ0v) is 17.6. The SMILES string of the molecule is CNC(=O)C(NC(=O)c1cc2ccccc2n1Cc1ccccc1F)c1ccc(F)c(F)c1. The van der Waals surface area contributed by atoms with E-state index in [0.29, 0.717) is 11.1 Å². The number of fused-ring (bicyclic) bond motifs is 1. The van der Waals surface area contributed by atoms with E-state index < -0.39 is 35.3 Å². The predicted molar refractivity (Wildman–Crippen MR) is 118 cm³/mol. The van der Waals surface area contributed by atoms with Crippen LogP contribution in [0.2, 0.25) is 0 Å². The number of para-hydroxylation sites is 1. The maximum absolute atomic E-state index is 14.3. The third-order valence-corrected chi connectivity index (χ3v) is 5.39. The van der Waals surface area contributed by atoms with Crippen LogP contribution in [0.3, 0.4) is 0 Å². The van der Waals surface area contributed by atoms with Crippen molar-refractivity contribution >= 4 is 22.7 Å². The van der Waals surface area contributed by atoms with Crippen LogP contribution in [0.1, 0.15) is 27.7 Å². The highest BCUT2D eigenvalue weighted by Crippen LogP contribution is 2.24. The molecule has 1 atom stereocenters. The Morgan fingerprint density at radius 3 is 2.33 bits per heavy atom. The molecule has 8 heteroatoms. The molecular weight excluding hydrogens is 431 g/mol. The fourth-order valence-electron chi connectivity index (χ4n) is 3.71. The Hall–Kier alpha value is -4.07. The number of carbonyl (C=O) groups excluding carboxylic acids is 2. The van der Waals surface area contributed by atoms with E-state index in [1.165, 1.54) is 19.2 Å².